The summed E-state index contributed by atoms with van der Waals surface area (Å²) in [6.45, 7) is 2.20. The van der Waals surface area contributed by atoms with Crippen LogP contribution in [0.5, 0.6) is 5.75 Å². The van der Waals surface area contributed by atoms with Crippen molar-refractivity contribution in [1.82, 2.24) is 20.0 Å². The number of hydrogen-bond donors (Lipinski definition) is 3. The highest BCUT2D eigenvalue weighted by atomic mass is 16.5. The highest BCUT2D eigenvalue weighted by Gasteiger charge is 2.19. The number of para-hydroxylation sites is 1. The number of rotatable bonds is 4. The Balaban J connectivity index is 1.97. The molecule has 120 valence electrons. The topological polar surface area (TPSA) is 111 Å². The summed E-state index contributed by atoms with van der Waals surface area (Å²) in [5.41, 5.74) is 8.42. The molecule has 0 spiro atoms. The van der Waals surface area contributed by atoms with Crippen molar-refractivity contribution in [3.8, 4) is 5.75 Å². The van der Waals surface area contributed by atoms with Crippen LogP contribution in [-0.4, -0.2) is 33.0 Å². The van der Waals surface area contributed by atoms with Gasteiger partial charge in [-0.25, -0.2) is 0 Å². The fraction of sp³-hybridized carbons (Fsp3) is 0.267. The van der Waals surface area contributed by atoms with Crippen LogP contribution in [0.25, 0.3) is 10.9 Å². The van der Waals surface area contributed by atoms with Gasteiger partial charge in [-0.2, -0.15) is 10.2 Å². The van der Waals surface area contributed by atoms with Crippen LogP contribution in [-0.2, 0) is 13.6 Å². The number of aromatic amines is 1. The molecule has 0 saturated heterocycles. The van der Waals surface area contributed by atoms with E-state index in [1.807, 2.05) is 19.1 Å². The van der Waals surface area contributed by atoms with Gasteiger partial charge in [0.2, 0.25) is 0 Å². The van der Waals surface area contributed by atoms with E-state index >= 15 is 0 Å². The van der Waals surface area contributed by atoms with Gasteiger partial charge in [0, 0.05) is 30.2 Å². The Morgan fingerprint density at radius 3 is 2.96 bits per heavy atom. The largest absolute Gasteiger partial charge is 0.494 e. The fourth-order valence-electron chi connectivity index (χ4n) is 2.52. The van der Waals surface area contributed by atoms with Gasteiger partial charge in [-0.05, 0) is 13.0 Å². The van der Waals surface area contributed by atoms with Crippen molar-refractivity contribution in [2.75, 3.05) is 12.4 Å². The summed E-state index contributed by atoms with van der Waals surface area (Å²) in [6, 6.07) is 5.42. The first-order valence-corrected chi connectivity index (χ1v) is 7.11. The number of aromatic nitrogens is 4. The Bertz CT molecular complexity index is 880. The molecule has 4 N–H and O–H groups in total. The first kappa shape index (κ1) is 15.0. The summed E-state index contributed by atoms with van der Waals surface area (Å²) >= 11 is 0. The predicted molar refractivity (Wildman–Crippen MR) is 86.4 cm³/mol. The molecule has 2 aromatic heterocycles. The maximum Gasteiger partial charge on any atom is 0.278 e. The molecule has 0 saturated carbocycles. The van der Waals surface area contributed by atoms with Crippen molar-refractivity contribution in [2.24, 2.45) is 12.8 Å². The van der Waals surface area contributed by atoms with Crippen molar-refractivity contribution < 1.29 is 9.53 Å². The molecule has 3 rings (SSSR count). The SMILES string of the molecule is COc1cccc2c(C(=O)Nc3nn(C)c(C)c3CN)n[nH]c12. The summed E-state index contributed by atoms with van der Waals surface area (Å²) in [5, 5.41) is 14.7. The summed E-state index contributed by atoms with van der Waals surface area (Å²) in [7, 11) is 3.37. The normalized spacial score (nSPS) is 11.0. The number of nitrogens with zero attached hydrogens (tertiary/aromatic N) is 3. The van der Waals surface area contributed by atoms with Crippen molar-refractivity contribution in [3.63, 3.8) is 0 Å². The number of anilines is 1. The van der Waals surface area contributed by atoms with E-state index in [4.69, 9.17) is 10.5 Å². The summed E-state index contributed by atoms with van der Waals surface area (Å²) in [5.74, 6) is 0.735. The Hall–Kier alpha value is -2.87. The number of methoxy groups -OCH3 is 1. The molecule has 0 bridgehead atoms. The molecule has 0 aliphatic rings. The summed E-state index contributed by atoms with van der Waals surface area (Å²) < 4.78 is 6.94. The second-order valence-electron chi connectivity index (χ2n) is 5.15. The minimum absolute atomic E-state index is 0.283. The van der Waals surface area contributed by atoms with Crippen LogP contribution in [0.15, 0.2) is 18.2 Å². The number of nitrogens with two attached hydrogens (primary N) is 1. The molecule has 0 aliphatic heterocycles. The average Bonchev–Trinajstić information content (AvgIpc) is 3.09. The van der Waals surface area contributed by atoms with E-state index in [-0.39, 0.29) is 11.6 Å². The standard InChI is InChI=1S/C15H18N6O2/c1-8-10(7-16)14(20-21(8)2)17-15(22)13-9-5-4-6-11(23-3)12(9)18-19-13/h4-6H,7,16H2,1-3H3,(H,18,19)(H,17,20,22). The molecule has 1 aromatic carbocycles. The lowest BCUT2D eigenvalue weighted by Crippen LogP contribution is -2.15. The first-order valence-electron chi connectivity index (χ1n) is 7.11. The van der Waals surface area contributed by atoms with Gasteiger partial charge in [0.05, 0.1) is 7.11 Å². The van der Waals surface area contributed by atoms with Gasteiger partial charge in [-0.1, -0.05) is 12.1 Å². The Kier molecular flexibility index (Phi) is 3.75. The minimum atomic E-state index is -0.350. The molecule has 0 radical (unpaired) electrons. The highest BCUT2D eigenvalue weighted by molar-refractivity contribution is 6.11. The zero-order valence-corrected chi connectivity index (χ0v) is 13.2. The average molecular weight is 314 g/mol. The molecule has 3 aromatic rings. The summed E-state index contributed by atoms with van der Waals surface area (Å²) in [4.78, 5) is 12.6. The van der Waals surface area contributed by atoms with Crippen LogP contribution in [0.3, 0.4) is 0 Å². The quantitative estimate of drug-likeness (QED) is 0.672. The Morgan fingerprint density at radius 2 is 2.26 bits per heavy atom. The van der Waals surface area contributed by atoms with E-state index in [1.165, 1.54) is 0 Å². The van der Waals surface area contributed by atoms with Gasteiger partial charge in [-0.3, -0.25) is 14.6 Å². The van der Waals surface area contributed by atoms with Crippen molar-refractivity contribution in [2.45, 2.75) is 13.5 Å². The Labute approximate surface area is 132 Å². The number of carbonyl (C=O) groups is 1. The zero-order chi connectivity index (χ0) is 16.6. The van der Waals surface area contributed by atoms with Crippen LogP contribution in [0, 0.1) is 6.92 Å². The molecular weight excluding hydrogens is 296 g/mol. The lowest BCUT2D eigenvalue weighted by molar-refractivity contribution is 0.102. The zero-order valence-electron chi connectivity index (χ0n) is 13.2. The molecule has 1 amide bonds. The minimum Gasteiger partial charge on any atom is -0.494 e. The predicted octanol–water partition coefficient (Wildman–Crippen LogP) is 1.32. The van der Waals surface area contributed by atoms with Gasteiger partial charge < -0.3 is 15.8 Å². The van der Waals surface area contributed by atoms with Crippen molar-refractivity contribution in [3.05, 3.63) is 35.2 Å². The molecule has 8 nitrogen and oxygen atoms in total. The lowest BCUT2D eigenvalue weighted by atomic mass is 10.2. The molecular formula is C15H18N6O2. The van der Waals surface area contributed by atoms with E-state index in [1.54, 1.807) is 24.9 Å². The number of carbonyl (C=O) groups excluding carboxylic acids is 1. The highest BCUT2D eigenvalue weighted by Crippen LogP contribution is 2.26. The van der Waals surface area contributed by atoms with E-state index < -0.39 is 0 Å². The molecule has 0 aliphatic carbocycles. The molecule has 2 heterocycles. The second-order valence-corrected chi connectivity index (χ2v) is 5.15. The van der Waals surface area contributed by atoms with E-state index in [0.717, 1.165) is 11.3 Å². The second kappa shape index (κ2) is 5.73. The first-order chi connectivity index (χ1) is 11.1. The summed E-state index contributed by atoms with van der Waals surface area (Å²) in [6.07, 6.45) is 0. The third-order valence-electron chi connectivity index (χ3n) is 3.89. The number of fused-ring (bicyclic) bond motifs is 1. The van der Waals surface area contributed by atoms with Gasteiger partial charge >= 0.3 is 0 Å². The van der Waals surface area contributed by atoms with Crippen LogP contribution < -0.4 is 15.8 Å². The molecule has 0 unspecified atom stereocenters. The van der Waals surface area contributed by atoms with Crippen molar-refractivity contribution in [1.29, 1.82) is 0 Å². The van der Waals surface area contributed by atoms with Crippen LogP contribution in [0.4, 0.5) is 5.82 Å². The van der Waals surface area contributed by atoms with Crippen LogP contribution in [0.1, 0.15) is 21.7 Å². The molecule has 0 fully saturated rings. The third kappa shape index (κ3) is 2.42. The van der Waals surface area contributed by atoms with Crippen LogP contribution >= 0.6 is 0 Å². The lowest BCUT2D eigenvalue weighted by Gasteiger charge is -2.03. The number of amides is 1. The van der Waals surface area contributed by atoms with E-state index in [0.29, 0.717) is 29.0 Å². The number of H-pyrrole nitrogens is 1. The van der Waals surface area contributed by atoms with Crippen molar-refractivity contribution >= 4 is 22.6 Å². The number of benzene rings is 1. The Morgan fingerprint density at radius 1 is 1.48 bits per heavy atom. The van der Waals surface area contributed by atoms with E-state index in [9.17, 15) is 4.79 Å². The number of aryl methyl sites for hydroxylation is 1. The monoisotopic (exact) mass is 314 g/mol. The third-order valence-corrected chi connectivity index (χ3v) is 3.89. The number of nitrogens with one attached hydrogen (secondary N) is 2. The fourth-order valence-corrected chi connectivity index (χ4v) is 2.52. The number of ether oxygens (including phenoxy) is 1. The van der Waals surface area contributed by atoms with Crippen LogP contribution in [0.2, 0.25) is 0 Å². The molecule has 23 heavy (non-hydrogen) atoms. The maximum atomic E-state index is 12.6. The molecule has 0 atom stereocenters. The van der Waals surface area contributed by atoms with Gasteiger partial charge in [0.15, 0.2) is 11.5 Å². The maximum absolute atomic E-state index is 12.6. The van der Waals surface area contributed by atoms with Gasteiger partial charge in [0.25, 0.3) is 5.91 Å². The molecule has 8 heteroatoms. The van der Waals surface area contributed by atoms with E-state index in [2.05, 4.69) is 20.6 Å². The smallest absolute Gasteiger partial charge is 0.278 e. The number of hydrogen-bond acceptors (Lipinski definition) is 5. The van der Waals surface area contributed by atoms with Gasteiger partial charge in [-0.15, -0.1) is 0 Å². The van der Waals surface area contributed by atoms with Gasteiger partial charge in [0.1, 0.15) is 11.3 Å².